The lowest BCUT2D eigenvalue weighted by Gasteiger charge is -2.33. The van der Waals surface area contributed by atoms with Crippen LogP contribution in [0.1, 0.15) is 39.3 Å². The molecule has 0 bridgehead atoms. The third kappa shape index (κ3) is 3.98. The van der Waals surface area contributed by atoms with Crippen LogP contribution in [0.15, 0.2) is 42.6 Å². The molecule has 1 unspecified atom stereocenters. The van der Waals surface area contributed by atoms with Gasteiger partial charge in [0.05, 0.1) is 18.2 Å². The SMILES string of the molecule is N#Cc1ccc(C(=O)N2CCCC(Oc3ccnc(C(N)=O)c3)C2)cc1. The summed E-state index contributed by atoms with van der Waals surface area (Å²) in [6, 6.07) is 11.8. The molecule has 132 valence electrons. The summed E-state index contributed by atoms with van der Waals surface area (Å²) >= 11 is 0. The summed E-state index contributed by atoms with van der Waals surface area (Å²) < 4.78 is 5.91. The molecule has 1 fully saturated rings. The first-order valence-electron chi connectivity index (χ1n) is 8.29. The second-order valence-corrected chi connectivity index (χ2v) is 6.06. The van der Waals surface area contributed by atoms with E-state index in [0.717, 1.165) is 12.8 Å². The van der Waals surface area contributed by atoms with Gasteiger partial charge in [-0.05, 0) is 43.2 Å². The summed E-state index contributed by atoms with van der Waals surface area (Å²) in [5.74, 6) is -0.196. The summed E-state index contributed by atoms with van der Waals surface area (Å²) in [5.41, 5.74) is 6.44. The number of rotatable bonds is 4. The Balaban J connectivity index is 1.67. The normalized spacial score (nSPS) is 16.6. The van der Waals surface area contributed by atoms with Gasteiger partial charge >= 0.3 is 0 Å². The molecule has 0 aliphatic carbocycles. The van der Waals surface area contributed by atoms with Crippen molar-refractivity contribution in [3.05, 3.63) is 59.4 Å². The first-order chi connectivity index (χ1) is 12.6. The van der Waals surface area contributed by atoms with Gasteiger partial charge < -0.3 is 15.4 Å². The van der Waals surface area contributed by atoms with Gasteiger partial charge in [-0.15, -0.1) is 0 Å². The van der Waals surface area contributed by atoms with Crippen molar-refractivity contribution < 1.29 is 14.3 Å². The highest BCUT2D eigenvalue weighted by molar-refractivity contribution is 5.94. The molecule has 2 amide bonds. The van der Waals surface area contributed by atoms with E-state index in [4.69, 9.17) is 15.7 Å². The molecule has 2 heterocycles. The predicted molar refractivity (Wildman–Crippen MR) is 93.5 cm³/mol. The predicted octanol–water partition coefficient (Wildman–Crippen LogP) is 1.74. The zero-order valence-electron chi connectivity index (χ0n) is 14.1. The Morgan fingerprint density at radius 1 is 1.27 bits per heavy atom. The highest BCUT2D eigenvalue weighted by atomic mass is 16.5. The fourth-order valence-electron chi connectivity index (χ4n) is 2.90. The van der Waals surface area contributed by atoms with Crippen LogP contribution in [-0.4, -0.2) is 40.9 Å². The minimum absolute atomic E-state index is 0.0876. The Bertz CT molecular complexity index is 858. The molecule has 0 spiro atoms. The molecule has 2 aromatic rings. The number of pyridine rings is 1. The monoisotopic (exact) mass is 350 g/mol. The minimum atomic E-state index is -0.614. The summed E-state index contributed by atoms with van der Waals surface area (Å²) in [7, 11) is 0. The number of carbonyl (C=O) groups excluding carboxylic acids is 2. The Hall–Kier alpha value is -3.40. The van der Waals surface area contributed by atoms with Crippen LogP contribution in [0.4, 0.5) is 0 Å². The molecule has 7 heteroatoms. The van der Waals surface area contributed by atoms with Gasteiger partial charge in [0.25, 0.3) is 11.8 Å². The summed E-state index contributed by atoms with van der Waals surface area (Å²) in [5, 5.41) is 8.85. The van der Waals surface area contributed by atoms with Crippen molar-refractivity contribution in [3.63, 3.8) is 0 Å². The summed E-state index contributed by atoms with van der Waals surface area (Å²) in [6.07, 6.45) is 2.93. The molecule has 1 saturated heterocycles. The average Bonchev–Trinajstić information content (AvgIpc) is 2.68. The van der Waals surface area contributed by atoms with E-state index in [-0.39, 0.29) is 17.7 Å². The van der Waals surface area contributed by atoms with E-state index >= 15 is 0 Å². The van der Waals surface area contributed by atoms with Crippen molar-refractivity contribution in [2.45, 2.75) is 18.9 Å². The number of carbonyl (C=O) groups is 2. The van der Waals surface area contributed by atoms with E-state index in [1.54, 1.807) is 35.2 Å². The van der Waals surface area contributed by atoms with Crippen LogP contribution in [0.2, 0.25) is 0 Å². The lowest BCUT2D eigenvalue weighted by molar-refractivity contribution is 0.0537. The van der Waals surface area contributed by atoms with Crippen LogP contribution in [0.5, 0.6) is 5.75 Å². The highest BCUT2D eigenvalue weighted by Gasteiger charge is 2.26. The van der Waals surface area contributed by atoms with Crippen molar-refractivity contribution in [3.8, 4) is 11.8 Å². The van der Waals surface area contributed by atoms with Crippen molar-refractivity contribution in [1.82, 2.24) is 9.88 Å². The van der Waals surface area contributed by atoms with Gasteiger partial charge in [0.2, 0.25) is 0 Å². The Morgan fingerprint density at radius 3 is 2.73 bits per heavy atom. The van der Waals surface area contributed by atoms with Crippen molar-refractivity contribution >= 4 is 11.8 Å². The van der Waals surface area contributed by atoms with Crippen molar-refractivity contribution in [2.75, 3.05) is 13.1 Å². The Kier molecular flexibility index (Phi) is 5.13. The van der Waals surface area contributed by atoms with E-state index in [2.05, 4.69) is 4.98 Å². The highest BCUT2D eigenvalue weighted by Crippen LogP contribution is 2.20. The zero-order valence-corrected chi connectivity index (χ0v) is 14.1. The van der Waals surface area contributed by atoms with Crippen molar-refractivity contribution in [1.29, 1.82) is 5.26 Å². The topological polar surface area (TPSA) is 109 Å². The zero-order chi connectivity index (χ0) is 18.5. The maximum Gasteiger partial charge on any atom is 0.267 e. The number of hydrogen-bond acceptors (Lipinski definition) is 5. The lowest BCUT2D eigenvalue weighted by Crippen LogP contribution is -2.44. The maximum atomic E-state index is 12.7. The molecule has 1 atom stereocenters. The lowest BCUT2D eigenvalue weighted by atomic mass is 10.1. The average molecular weight is 350 g/mol. The Morgan fingerprint density at radius 2 is 2.04 bits per heavy atom. The number of nitrogens with two attached hydrogens (primary N) is 1. The molecule has 1 aliphatic rings. The first kappa shape index (κ1) is 17.4. The Labute approximate surface area is 151 Å². The second-order valence-electron chi connectivity index (χ2n) is 6.06. The van der Waals surface area contributed by atoms with Gasteiger partial charge in [0.1, 0.15) is 17.5 Å². The molecule has 0 saturated carbocycles. The number of primary amides is 1. The van der Waals surface area contributed by atoms with Crippen LogP contribution < -0.4 is 10.5 Å². The van der Waals surface area contributed by atoms with E-state index in [1.165, 1.54) is 12.3 Å². The number of benzene rings is 1. The fourth-order valence-corrected chi connectivity index (χ4v) is 2.90. The molecule has 1 aromatic carbocycles. The maximum absolute atomic E-state index is 12.7. The molecule has 1 aliphatic heterocycles. The van der Waals surface area contributed by atoms with Crippen LogP contribution in [-0.2, 0) is 0 Å². The van der Waals surface area contributed by atoms with E-state index in [0.29, 0.717) is 30.0 Å². The quantitative estimate of drug-likeness (QED) is 0.903. The van der Waals surface area contributed by atoms with Gasteiger partial charge in [-0.25, -0.2) is 0 Å². The van der Waals surface area contributed by atoms with Gasteiger partial charge in [0.15, 0.2) is 0 Å². The largest absolute Gasteiger partial charge is 0.488 e. The molecule has 26 heavy (non-hydrogen) atoms. The molecular formula is C19H18N4O3. The standard InChI is InChI=1S/C19H18N4O3/c20-11-13-3-5-14(6-4-13)19(25)23-9-1-2-16(12-23)26-15-7-8-22-17(10-15)18(21)24/h3-8,10,16H,1-2,9,12H2,(H2,21,24). The summed E-state index contributed by atoms with van der Waals surface area (Å²) in [4.78, 5) is 29.5. The van der Waals surface area contributed by atoms with Gasteiger partial charge in [-0.3, -0.25) is 14.6 Å². The molecular weight excluding hydrogens is 332 g/mol. The molecule has 0 radical (unpaired) electrons. The molecule has 2 N–H and O–H groups in total. The van der Waals surface area contributed by atoms with Crippen LogP contribution in [0.25, 0.3) is 0 Å². The fraction of sp³-hybridized carbons (Fsp3) is 0.263. The van der Waals surface area contributed by atoms with E-state index in [9.17, 15) is 9.59 Å². The smallest absolute Gasteiger partial charge is 0.267 e. The number of aromatic nitrogens is 1. The first-order valence-corrected chi connectivity index (χ1v) is 8.29. The number of ether oxygens (including phenoxy) is 1. The third-order valence-electron chi connectivity index (χ3n) is 4.21. The van der Waals surface area contributed by atoms with Crippen LogP contribution in [0, 0.1) is 11.3 Å². The van der Waals surface area contributed by atoms with Gasteiger partial charge in [0, 0.05) is 24.4 Å². The molecule has 3 rings (SSSR count). The molecule has 7 nitrogen and oxygen atoms in total. The van der Waals surface area contributed by atoms with Crippen LogP contribution in [0.3, 0.4) is 0 Å². The van der Waals surface area contributed by atoms with Gasteiger partial charge in [-0.2, -0.15) is 5.26 Å². The number of amides is 2. The minimum Gasteiger partial charge on any atom is -0.488 e. The number of nitriles is 1. The number of hydrogen-bond donors (Lipinski definition) is 1. The van der Waals surface area contributed by atoms with Crippen LogP contribution >= 0.6 is 0 Å². The van der Waals surface area contributed by atoms with Crippen molar-refractivity contribution in [2.24, 2.45) is 5.73 Å². The van der Waals surface area contributed by atoms with Gasteiger partial charge in [-0.1, -0.05) is 0 Å². The second kappa shape index (κ2) is 7.66. The third-order valence-corrected chi connectivity index (χ3v) is 4.21. The number of likely N-dealkylation sites (tertiary alicyclic amines) is 1. The molecule has 1 aromatic heterocycles. The van der Waals surface area contributed by atoms with E-state index in [1.807, 2.05) is 6.07 Å². The number of nitrogens with zero attached hydrogens (tertiary/aromatic N) is 3. The number of piperidine rings is 1. The summed E-state index contributed by atoms with van der Waals surface area (Å²) in [6.45, 7) is 1.11. The van der Waals surface area contributed by atoms with E-state index < -0.39 is 5.91 Å².